The molecule has 2 unspecified atom stereocenters. The molecule has 0 aliphatic carbocycles. The number of carbonyl (C=O) groups excluding carboxylic acids is 1. The number of hydrogen-bond donors (Lipinski definition) is 0. The summed E-state index contributed by atoms with van der Waals surface area (Å²) in [5, 5.41) is 0. The van der Waals surface area contributed by atoms with E-state index in [2.05, 4.69) is 0 Å². The summed E-state index contributed by atoms with van der Waals surface area (Å²) in [4.78, 5) is 10.6. The van der Waals surface area contributed by atoms with Crippen LogP contribution >= 0.6 is 0 Å². The fraction of sp³-hybridized carbons (Fsp3) is 0.500. The van der Waals surface area contributed by atoms with Gasteiger partial charge in [0.1, 0.15) is 12.5 Å². The monoisotopic (exact) mass is 254 g/mol. The fourth-order valence-corrected chi connectivity index (χ4v) is 1.88. The van der Waals surface area contributed by atoms with Crippen molar-refractivity contribution < 1.29 is 18.7 Å². The molecule has 0 bridgehead atoms. The highest BCUT2D eigenvalue weighted by Crippen LogP contribution is 2.39. The Labute approximate surface area is 107 Å². The summed E-state index contributed by atoms with van der Waals surface area (Å²) in [5.74, 6) is 0.932. The minimum atomic E-state index is -1.16. The van der Waals surface area contributed by atoms with Crippen LogP contribution in [-0.2, 0) is 4.79 Å². The number of halogens is 1. The molecule has 0 spiro atoms. The van der Waals surface area contributed by atoms with E-state index in [4.69, 9.17) is 9.47 Å². The van der Waals surface area contributed by atoms with E-state index in [0.717, 1.165) is 11.8 Å². The maximum atomic E-state index is 13.6. The summed E-state index contributed by atoms with van der Waals surface area (Å²) in [6, 6.07) is 3.53. The van der Waals surface area contributed by atoms with Gasteiger partial charge in [0, 0.05) is 12.0 Å². The van der Waals surface area contributed by atoms with Crippen LogP contribution in [0.1, 0.15) is 43.5 Å². The first kappa shape index (κ1) is 14.5. The zero-order valence-electron chi connectivity index (χ0n) is 11.2. The molecule has 18 heavy (non-hydrogen) atoms. The molecule has 0 aromatic heterocycles. The minimum Gasteiger partial charge on any atom is -0.493 e. The molecule has 0 radical (unpaired) electrons. The smallest absolute Gasteiger partial charge is 0.166 e. The van der Waals surface area contributed by atoms with Gasteiger partial charge in [-0.1, -0.05) is 6.92 Å². The van der Waals surface area contributed by atoms with E-state index < -0.39 is 6.17 Å². The zero-order valence-corrected chi connectivity index (χ0v) is 11.2. The van der Waals surface area contributed by atoms with E-state index >= 15 is 0 Å². The molecule has 0 N–H and O–H groups in total. The molecule has 0 fully saturated rings. The van der Waals surface area contributed by atoms with Crippen LogP contribution in [0.2, 0.25) is 0 Å². The number of benzene rings is 1. The van der Waals surface area contributed by atoms with Crippen LogP contribution < -0.4 is 9.47 Å². The first-order chi connectivity index (χ1) is 8.54. The Kier molecular flexibility index (Phi) is 5.13. The Morgan fingerprint density at radius 1 is 1.28 bits per heavy atom. The van der Waals surface area contributed by atoms with E-state index in [9.17, 15) is 9.18 Å². The summed E-state index contributed by atoms with van der Waals surface area (Å²) < 4.78 is 24.0. The van der Waals surface area contributed by atoms with Crippen molar-refractivity contribution in [3.05, 3.63) is 23.3 Å². The molecule has 0 aliphatic rings. The van der Waals surface area contributed by atoms with Gasteiger partial charge < -0.3 is 14.3 Å². The van der Waals surface area contributed by atoms with Crippen molar-refractivity contribution in [1.82, 2.24) is 0 Å². The van der Waals surface area contributed by atoms with Crippen molar-refractivity contribution >= 4 is 6.29 Å². The molecule has 1 aromatic rings. The summed E-state index contributed by atoms with van der Waals surface area (Å²) in [7, 11) is 3.00. The highest BCUT2D eigenvalue weighted by atomic mass is 19.1. The van der Waals surface area contributed by atoms with Crippen molar-refractivity contribution in [2.75, 3.05) is 14.2 Å². The van der Waals surface area contributed by atoms with E-state index in [0.29, 0.717) is 23.5 Å². The molecule has 0 aliphatic heterocycles. The normalized spacial score (nSPS) is 13.8. The maximum Gasteiger partial charge on any atom is 0.166 e. The number of ether oxygens (including phenoxy) is 2. The summed E-state index contributed by atoms with van der Waals surface area (Å²) in [6.45, 7) is 3.37. The van der Waals surface area contributed by atoms with Crippen LogP contribution in [-0.4, -0.2) is 20.5 Å². The van der Waals surface area contributed by atoms with Crippen molar-refractivity contribution in [3.8, 4) is 11.5 Å². The van der Waals surface area contributed by atoms with E-state index in [1.165, 1.54) is 21.1 Å². The van der Waals surface area contributed by atoms with Crippen molar-refractivity contribution in [2.24, 2.45) is 0 Å². The number of hydrogen-bond acceptors (Lipinski definition) is 3. The zero-order chi connectivity index (χ0) is 13.7. The SMILES string of the molecule is COc1cc(C(C)CC=O)cc(C(C)F)c1OC. The highest BCUT2D eigenvalue weighted by Gasteiger charge is 2.19. The average Bonchev–Trinajstić information content (AvgIpc) is 2.37. The predicted octanol–water partition coefficient (Wildman–Crippen LogP) is 3.43. The van der Waals surface area contributed by atoms with Gasteiger partial charge in [-0.2, -0.15) is 0 Å². The third-order valence-corrected chi connectivity index (χ3v) is 2.98. The highest BCUT2D eigenvalue weighted by molar-refractivity contribution is 5.55. The molecule has 0 saturated heterocycles. The quantitative estimate of drug-likeness (QED) is 0.730. The number of aldehydes is 1. The second kappa shape index (κ2) is 6.38. The van der Waals surface area contributed by atoms with Gasteiger partial charge in [0.2, 0.25) is 0 Å². The van der Waals surface area contributed by atoms with Crippen molar-refractivity contribution in [2.45, 2.75) is 32.4 Å². The van der Waals surface area contributed by atoms with Crippen LogP contribution in [0.5, 0.6) is 11.5 Å². The van der Waals surface area contributed by atoms with Gasteiger partial charge >= 0.3 is 0 Å². The van der Waals surface area contributed by atoms with Crippen molar-refractivity contribution in [3.63, 3.8) is 0 Å². The van der Waals surface area contributed by atoms with Gasteiger partial charge in [-0.25, -0.2) is 4.39 Å². The molecular formula is C14H19FO3. The Hall–Kier alpha value is -1.58. The Morgan fingerprint density at radius 3 is 2.39 bits per heavy atom. The summed E-state index contributed by atoms with van der Waals surface area (Å²) >= 11 is 0. The third kappa shape index (κ3) is 3.00. The van der Waals surface area contributed by atoms with Gasteiger partial charge in [-0.3, -0.25) is 0 Å². The van der Waals surface area contributed by atoms with Crippen LogP contribution in [0, 0.1) is 0 Å². The first-order valence-corrected chi connectivity index (χ1v) is 5.88. The molecule has 4 heteroatoms. The summed E-state index contributed by atoms with van der Waals surface area (Å²) in [6.07, 6.45) is 0.104. The Morgan fingerprint density at radius 2 is 1.94 bits per heavy atom. The first-order valence-electron chi connectivity index (χ1n) is 5.88. The molecule has 100 valence electrons. The molecule has 1 rings (SSSR count). The van der Waals surface area contributed by atoms with Gasteiger partial charge in [0.05, 0.1) is 14.2 Å². The second-order valence-electron chi connectivity index (χ2n) is 4.27. The van der Waals surface area contributed by atoms with Crippen LogP contribution in [0.3, 0.4) is 0 Å². The number of carbonyl (C=O) groups is 1. The van der Waals surface area contributed by atoms with Gasteiger partial charge in [0.15, 0.2) is 11.5 Å². The van der Waals surface area contributed by atoms with Crippen molar-refractivity contribution in [1.29, 1.82) is 0 Å². The number of alkyl halides is 1. The molecule has 0 saturated carbocycles. The van der Waals surface area contributed by atoms with E-state index in [-0.39, 0.29) is 5.92 Å². The van der Waals surface area contributed by atoms with Gasteiger partial charge in [-0.05, 0) is 30.5 Å². The maximum absolute atomic E-state index is 13.6. The fourth-order valence-electron chi connectivity index (χ4n) is 1.88. The minimum absolute atomic E-state index is 0.0276. The Balaban J connectivity index is 3.31. The molecular weight excluding hydrogens is 235 g/mol. The standard InChI is InChI=1S/C14H19FO3/c1-9(5-6-16)11-7-12(10(2)15)14(18-4)13(8-11)17-3/h6-10H,5H2,1-4H3. The Bertz CT molecular complexity index is 416. The third-order valence-electron chi connectivity index (χ3n) is 2.98. The van der Waals surface area contributed by atoms with Crippen LogP contribution in [0.15, 0.2) is 12.1 Å². The molecule has 1 aromatic carbocycles. The number of rotatable bonds is 6. The van der Waals surface area contributed by atoms with E-state index in [1.807, 2.05) is 6.92 Å². The van der Waals surface area contributed by atoms with Gasteiger partial charge in [0.25, 0.3) is 0 Å². The lowest BCUT2D eigenvalue weighted by Crippen LogP contribution is -2.02. The predicted molar refractivity (Wildman–Crippen MR) is 68.2 cm³/mol. The largest absolute Gasteiger partial charge is 0.493 e. The second-order valence-corrected chi connectivity index (χ2v) is 4.27. The topological polar surface area (TPSA) is 35.5 Å². The molecule has 2 atom stereocenters. The number of methoxy groups -OCH3 is 2. The lowest BCUT2D eigenvalue weighted by Gasteiger charge is -2.18. The lowest BCUT2D eigenvalue weighted by atomic mass is 9.94. The van der Waals surface area contributed by atoms with Gasteiger partial charge in [-0.15, -0.1) is 0 Å². The molecule has 0 heterocycles. The van der Waals surface area contributed by atoms with E-state index in [1.54, 1.807) is 12.1 Å². The van der Waals surface area contributed by atoms with Crippen LogP contribution in [0.4, 0.5) is 4.39 Å². The van der Waals surface area contributed by atoms with Crippen LogP contribution in [0.25, 0.3) is 0 Å². The summed E-state index contributed by atoms with van der Waals surface area (Å²) in [5.41, 5.74) is 1.32. The molecule has 3 nitrogen and oxygen atoms in total. The average molecular weight is 254 g/mol. The molecule has 0 amide bonds. The lowest BCUT2D eigenvalue weighted by molar-refractivity contribution is -0.108.